The van der Waals surface area contributed by atoms with E-state index in [1.807, 2.05) is 12.1 Å². The maximum Gasteiger partial charge on any atom is 0.251 e. The van der Waals surface area contributed by atoms with Crippen molar-refractivity contribution >= 4 is 28.3 Å². The summed E-state index contributed by atoms with van der Waals surface area (Å²) >= 11 is 1.76. The van der Waals surface area contributed by atoms with Crippen molar-refractivity contribution in [1.29, 1.82) is 0 Å². The third kappa shape index (κ3) is 6.44. The summed E-state index contributed by atoms with van der Waals surface area (Å²) in [6.45, 7) is 2.36. The van der Waals surface area contributed by atoms with E-state index in [9.17, 15) is 15.0 Å². The average molecular weight is 524 g/mol. The highest BCUT2D eigenvalue weighted by Gasteiger charge is 2.28. The first-order valence-electron chi connectivity index (χ1n) is 14.2. The quantitative estimate of drug-likeness (QED) is 0.291. The van der Waals surface area contributed by atoms with Crippen LogP contribution in [0.25, 0.3) is 11.0 Å². The highest BCUT2D eigenvalue weighted by molar-refractivity contribution is 7.09. The van der Waals surface area contributed by atoms with E-state index in [0.29, 0.717) is 23.4 Å². The second-order valence-corrected chi connectivity index (χ2v) is 12.3. The summed E-state index contributed by atoms with van der Waals surface area (Å²) in [6, 6.07) is 10.3. The lowest BCUT2D eigenvalue weighted by molar-refractivity contribution is -0.0524. The summed E-state index contributed by atoms with van der Waals surface area (Å²) in [5, 5.41) is 24.5. The van der Waals surface area contributed by atoms with Crippen LogP contribution in [0.3, 0.4) is 0 Å². The number of hydrogen-bond donors (Lipinski definition) is 3. The Balaban J connectivity index is 1.40. The second kappa shape index (κ2) is 12.1. The minimum absolute atomic E-state index is 0.156. The van der Waals surface area contributed by atoms with Crippen LogP contribution in [-0.2, 0) is 6.42 Å². The van der Waals surface area contributed by atoms with Gasteiger partial charge in [0.15, 0.2) is 6.29 Å². The van der Waals surface area contributed by atoms with Crippen LogP contribution in [0.1, 0.15) is 105 Å². The molecule has 2 aliphatic rings. The molecule has 3 atom stereocenters. The van der Waals surface area contributed by atoms with Crippen molar-refractivity contribution in [2.75, 3.05) is 0 Å². The van der Waals surface area contributed by atoms with E-state index in [2.05, 4.69) is 40.4 Å². The molecule has 2 aliphatic carbocycles. The fourth-order valence-corrected chi connectivity index (χ4v) is 7.30. The number of rotatable bonds is 9. The van der Waals surface area contributed by atoms with Gasteiger partial charge in [0.05, 0.1) is 11.0 Å². The van der Waals surface area contributed by atoms with Gasteiger partial charge in [0, 0.05) is 35.4 Å². The van der Waals surface area contributed by atoms with Gasteiger partial charge >= 0.3 is 0 Å². The number of fused-ring (bicyclic) bond motifs is 1. The maximum absolute atomic E-state index is 13.3. The van der Waals surface area contributed by atoms with Crippen molar-refractivity contribution in [3.05, 3.63) is 52.0 Å². The molecule has 7 heteroatoms. The zero-order valence-electron chi connectivity index (χ0n) is 21.9. The maximum atomic E-state index is 13.3. The summed E-state index contributed by atoms with van der Waals surface area (Å²) < 4.78 is 2.45. The number of aromatic nitrogens is 2. The van der Waals surface area contributed by atoms with E-state index in [1.54, 1.807) is 11.3 Å². The highest BCUT2D eigenvalue weighted by Crippen LogP contribution is 2.37. The topological polar surface area (TPSA) is 87.4 Å². The summed E-state index contributed by atoms with van der Waals surface area (Å²) in [5.41, 5.74) is 2.55. The summed E-state index contributed by atoms with van der Waals surface area (Å²) in [5.74, 6) is 2.05. The van der Waals surface area contributed by atoms with Crippen LogP contribution in [0.15, 0.2) is 35.7 Å². The molecule has 2 aromatic heterocycles. The molecule has 200 valence electrons. The van der Waals surface area contributed by atoms with E-state index >= 15 is 0 Å². The number of carbonyl (C=O) groups is 1. The third-order valence-electron chi connectivity index (χ3n) is 8.51. The van der Waals surface area contributed by atoms with Crippen LogP contribution in [0, 0.1) is 11.8 Å². The molecule has 2 fully saturated rings. The molecule has 2 heterocycles. The number of aliphatic hydroxyl groups excluding tert-OH is 1. The first-order chi connectivity index (χ1) is 18.0. The fraction of sp³-hybridized carbons (Fsp3) is 0.600. The Labute approximate surface area is 224 Å². The Morgan fingerprint density at radius 2 is 1.89 bits per heavy atom. The largest absolute Gasteiger partial charge is 0.368 e. The number of carbonyl (C=O) groups excluding carboxylic acids is 1. The lowest BCUT2D eigenvalue weighted by Gasteiger charge is -2.31. The number of nitrogens with zero attached hydrogens (tertiary/aromatic N) is 2. The molecule has 2 saturated carbocycles. The number of nitrogens with one attached hydrogen (secondary N) is 1. The van der Waals surface area contributed by atoms with Gasteiger partial charge in [-0.3, -0.25) is 4.79 Å². The lowest BCUT2D eigenvalue weighted by atomic mass is 9.84. The van der Waals surface area contributed by atoms with Crippen molar-refractivity contribution in [3.8, 4) is 0 Å². The normalized spacial score (nSPS) is 21.9. The van der Waals surface area contributed by atoms with Crippen LogP contribution in [0.2, 0.25) is 0 Å². The van der Waals surface area contributed by atoms with E-state index in [1.165, 1.54) is 49.8 Å². The molecule has 6 nitrogen and oxygen atoms in total. The van der Waals surface area contributed by atoms with E-state index < -0.39 is 6.29 Å². The Kier molecular flexibility index (Phi) is 8.63. The molecule has 0 spiro atoms. The summed E-state index contributed by atoms with van der Waals surface area (Å²) in [6.07, 6.45) is 11.3. The molecular weight excluding hydrogens is 482 g/mol. The molecule has 0 radical (unpaired) electrons. The number of hydrogen-bond acceptors (Lipinski definition) is 5. The smallest absolute Gasteiger partial charge is 0.251 e. The molecule has 0 bridgehead atoms. The van der Waals surface area contributed by atoms with Crippen LogP contribution in [0.4, 0.5) is 0 Å². The van der Waals surface area contributed by atoms with Gasteiger partial charge in [0.1, 0.15) is 5.82 Å². The monoisotopic (exact) mass is 523 g/mol. The van der Waals surface area contributed by atoms with Gasteiger partial charge < -0.3 is 20.1 Å². The molecule has 1 aromatic carbocycles. The predicted molar refractivity (Wildman–Crippen MR) is 149 cm³/mol. The van der Waals surface area contributed by atoms with Gasteiger partial charge in [-0.05, 0) is 60.7 Å². The Hall–Kier alpha value is -2.22. The number of amides is 1. The SMILES string of the molecule is CC1CCCCC1n1c(Cc2cccs2)nc2cc(C(=O)NC(CC(O)O)CC3CCCCC3)ccc21. The first-order valence-corrected chi connectivity index (χ1v) is 15.1. The second-order valence-electron chi connectivity index (χ2n) is 11.3. The van der Waals surface area contributed by atoms with Crippen LogP contribution in [-0.4, -0.2) is 38.0 Å². The molecule has 1 amide bonds. The van der Waals surface area contributed by atoms with E-state index in [-0.39, 0.29) is 18.4 Å². The summed E-state index contributed by atoms with van der Waals surface area (Å²) in [7, 11) is 0. The van der Waals surface area contributed by atoms with Crippen molar-refractivity contribution in [2.45, 2.75) is 102 Å². The molecular formula is C30H41N3O3S. The van der Waals surface area contributed by atoms with Gasteiger partial charge in [-0.2, -0.15) is 0 Å². The number of thiophene rings is 1. The van der Waals surface area contributed by atoms with E-state index in [4.69, 9.17) is 4.98 Å². The Bertz CT molecular complexity index is 1170. The molecule has 0 aliphatic heterocycles. The molecule has 5 rings (SSSR count). The van der Waals surface area contributed by atoms with Gasteiger partial charge in [-0.25, -0.2) is 4.98 Å². The average Bonchev–Trinajstić information content (AvgIpc) is 3.52. The van der Waals surface area contributed by atoms with Crippen molar-refractivity contribution in [1.82, 2.24) is 14.9 Å². The number of benzene rings is 1. The minimum atomic E-state index is -1.43. The van der Waals surface area contributed by atoms with E-state index in [0.717, 1.165) is 42.5 Å². The Morgan fingerprint density at radius 3 is 2.62 bits per heavy atom. The molecule has 0 saturated heterocycles. The standard InChI is InChI=1S/C30H41N3O3S/c1-20-8-5-6-12-26(20)33-27-14-13-22(17-25(27)32-28(33)19-24-11-7-15-37-24)30(36)31-23(18-29(34)35)16-21-9-3-2-4-10-21/h7,11,13-15,17,20-21,23,26,29,34-35H,2-6,8-10,12,16,18-19H2,1H3,(H,31,36). The predicted octanol–water partition coefficient (Wildman–Crippen LogP) is 6.21. The van der Waals surface area contributed by atoms with Gasteiger partial charge in [0.25, 0.3) is 5.91 Å². The zero-order valence-corrected chi connectivity index (χ0v) is 22.8. The van der Waals surface area contributed by atoms with Gasteiger partial charge in [0.2, 0.25) is 0 Å². The molecule has 3 aromatic rings. The zero-order chi connectivity index (χ0) is 25.8. The lowest BCUT2D eigenvalue weighted by Crippen LogP contribution is -2.39. The molecule has 3 unspecified atom stereocenters. The molecule has 3 N–H and O–H groups in total. The fourth-order valence-electron chi connectivity index (χ4n) is 6.60. The third-order valence-corrected chi connectivity index (χ3v) is 9.38. The first kappa shape index (κ1) is 26.4. The van der Waals surface area contributed by atoms with Crippen LogP contribution >= 0.6 is 11.3 Å². The van der Waals surface area contributed by atoms with Gasteiger partial charge in [-0.1, -0.05) is 57.9 Å². The van der Waals surface area contributed by atoms with Crippen molar-refractivity contribution < 1.29 is 15.0 Å². The minimum Gasteiger partial charge on any atom is -0.368 e. The van der Waals surface area contributed by atoms with Crippen molar-refractivity contribution in [3.63, 3.8) is 0 Å². The number of imidazole rings is 1. The highest BCUT2D eigenvalue weighted by atomic mass is 32.1. The van der Waals surface area contributed by atoms with Crippen molar-refractivity contribution in [2.24, 2.45) is 11.8 Å². The van der Waals surface area contributed by atoms with Crippen LogP contribution in [0.5, 0.6) is 0 Å². The summed E-state index contributed by atoms with van der Waals surface area (Å²) in [4.78, 5) is 19.7. The Morgan fingerprint density at radius 1 is 1.11 bits per heavy atom. The van der Waals surface area contributed by atoms with Crippen LogP contribution < -0.4 is 5.32 Å². The molecule has 37 heavy (non-hydrogen) atoms. The van der Waals surface area contributed by atoms with Gasteiger partial charge in [-0.15, -0.1) is 11.3 Å². The number of aliphatic hydroxyl groups is 2.